The molecule has 3 rings (SSSR count). The average molecular weight is 358 g/mol. The molecule has 0 aromatic heterocycles. The summed E-state index contributed by atoms with van der Waals surface area (Å²) < 4.78 is 5.53. The van der Waals surface area contributed by atoms with Crippen molar-refractivity contribution in [2.45, 2.75) is 20.3 Å². The minimum absolute atomic E-state index is 0.386. The van der Waals surface area contributed by atoms with Crippen LogP contribution in [0.1, 0.15) is 25.0 Å². The maximum Gasteiger partial charge on any atom is 0.278 e. The molecule has 0 N–H and O–H groups in total. The van der Waals surface area contributed by atoms with Crippen LogP contribution in [-0.2, 0) is 11.2 Å². The molecule has 2 aliphatic rings. The Balaban J connectivity index is 1.76. The van der Waals surface area contributed by atoms with Gasteiger partial charge in [0.05, 0.1) is 6.61 Å². The third-order valence-corrected chi connectivity index (χ3v) is 5.16. The molecule has 1 aromatic rings. The Bertz CT molecular complexity index is 704. The van der Waals surface area contributed by atoms with Gasteiger partial charge in [0.2, 0.25) is 0 Å². The first-order valence-electron chi connectivity index (χ1n) is 9.17. The van der Waals surface area contributed by atoms with Crippen LogP contribution < -0.4 is 0 Å². The Morgan fingerprint density at radius 3 is 2.85 bits per heavy atom. The molecule has 2 unspecified atom stereocenters. The molecule has 1 aromatic carbocycles. The highest BCUT2D eigenvalue weighted by Crippen LogP contribution is 2.23. The van der Waals surface area contributed by atoms with Crippen molar-refractivity contribution in [2.75, 3.05) is 32.8 Å². The SMILES string of the molecule is CCc1ccccc1C=CN1CCN(CC2COCC2C)C1=N[N+](=O)[O-]. The van der Waals surface area contributed by atoms with Crippen molar-refractivity contribution in [1.82, 2.24) is 9.80 Å². The maximum atomic E-state index is 11.0. The van der Waals surface area contributed by atoms with Crippen LogP contribution in [0, 0.1) is 22.0 Å². The third-order valence-electron chi connectivity index (χ3n) is 5.16. The van der Waals surface area contributed by atoms with E-state index in [2.05, 4.69) is 31.1 Å². The zero-order valence-electron chi connectivity index (χ0n) is 15.4. The Morgan fingerprint density at radius 1 is 1.35 bits per heavy atom. The predicted octanol–water partition coefficient (Wildman–Crippen LogP) is 2.67. The second-order valence-electron chi connectivity index (χ2n) is 6.92. The minimum atomic E-state index is -0.608. The fraction of sp³-hybridized carbons (Fsp3) is 0.526. The number of aryl methyl sites for hydroxylation is 1. The Kier molecular flexibility index (Phi) is 5.88. The first kappa shape index (κ1) is 18.4. The van der Waals surface area contributed by atoms with E-state index in [0.717, 1.165) is 31.7 Å². The summed E-state index contributed by atoms with van der Waals surface area (Å²) in [5.41, 5.74) is 2.39. The predicted molar refractivity (Wildman–Crippen MR) is 101 cm³/mol. The van der Waals surface area contributed by atoms with Gasteiger partial charge in [0.25, 0.3) is 5.96 Å². The summed E-state index contributed by atoms with van der Waals surface area (Å²) in [4.78, 5) is 14.9. The molecule has 7 nitrogen and oxygen atoms in total. The van der Waals surface area contributed by atoms with Crippen molar-refractivity contribution >= 4 is 12.0 Å². The molecule has 2 saturated heterocycles. The van der Waals surface area contributed by atoms with E-state index in [9.17, 15) is 10.1 Å². The van der Waals surface area contributed by atoms with Gasteiger partial charge in [-0.15, -0.1) is 0 Å². The Labute approximate surface area is 154 Å². The molecule has 0 bridgehead atoms. The van der Waals surface area contributed by atoms with Crippen LogP contribution in [-0.4, -0.2) is 53.6 Å². The highest BCUT2D eigenvalue weighted by molar-refractivity contribution is 5.83. The highest BCUT2D eigenvalue weighted by Gasteiger charge is 2.33. The maximum absolute atomic E-state index is 11.0. The molecule has 7 heteroatoms. The molecule has 2 fully saturated rings. The van der Waals surface area contributed by atoms with E-state index in [-0.39, 0.29) is 0 Å². The second kappa shape index (κ2) is 8.31. The quantitative estimate of drug-likeness (QED) is 0.577. The van der Waals surface area contributed by atoms with Gasteiger partial charge in [-0.05, 0) is 29.5 Å². The fourth-order valence-corrected chi connectivity index (χ4v) is 3.53. The van der Waals surface area contributed by atoms with Crippen molar-refractivity contribution in [1.29, 1.82) is 0 Å². The Hall–Kier alpha value is -2.41. The molecular formula is C19H26N4O3. The van der Waals surface area contributed by atoms with E-state index >= 15 is 0 Å². The number of hydrazone groups is 1. The van der Waals surface area contributed by atoms with E-state index in [4.69, 9.17) is 4.74 Å². The smallest absolute Gasteiger partial charge is 0.278 e. The minimum Gasteiger partial charge on any atom is -0.381 e. The summed E-state index contributed by atoms with van der Waals surface area (Å²) in [6.45, 7) is 7.92. The van der Waals surface area contributed by atoms with Gasteiger partial charge in [0, 0.05) is 38.4 Å². The second-order valence-corrected chi connectivity index (χ2v) is 6.92. The monoisotopic (exact) mass is 358 g/mol. The number of rotatable bonds is 6. The zero-order valence-corrected chi connectivity index (χ0v) is 15.4. The van der Waals surface area contributed by atoms with Crippen LogP contribution in [0.2, 0.25) is 0 Å². The largest absolute Gasteiger partial charge is 0.381 e. The lowest BCUT2D eigenvalue weighted by molar-refractivity contribution is -0.486. The number of nitro groups is 1. The normalized spacial score (nSPS) is 24.9. The molecule has 0 radical (unpaired) electrons. The molecule has 0 amide bonds. The van der Waals surface area contributed by atoms with Crippen molar-refractivity contribution in [3.63, 3.8) is 0 Å². The van der Waals surface area contributed by atoms with Gasteiger partial charge in [-0.1, -0.05) is 38.1 Å². The van der Waals surface area contributed by atoms with Crippen molar-refractivity contribution in [3.8, 4) is 0 Å². The standard InChI is InChI=1S/C19H26N4O3/c1-3-16-6-4-5-7-17(16)8-9-21-10-11-22(19(21)20-23(24)25)12-18-14-26-13-15(18)2/h4-9,15,18H,3,10-14H2,1-2H3. The van der Waals surface area contributed by atoms with Crippen LogP contribution in [0.15, 0.2) is 35.6 Å². The molecule has 26 heavy (non-hydrogen) atoms. The van der Waals surface area contributed by atoms with Crippen LogP contribution >= 0.6 is 0 Å². The Morgan fingerprint density at radius 2 is 2.15 bits per heavy atom. The van der Waals surface area contributed by atoms with Gasteiger partial charge >= 0.3 is 0 Å². The van der Waals surface area contributed by atoms with E-state index in [1.54, 1.807) is 0 Å². The van der Waals surface area contributed by atoms with E-state index < -0.39 is 5.03 Å². The number of nitrogens with zero attached hydrogens (tertiary/aromatic N) is 4. The number of benzene rings is 1. The molecule has 2 heterocycles. The van der Waals surface area contributed by atoms with Gasteiger partial charge in [-0.25, -0.2) is 10.1 Å². The van der Waals surface area contributed by atoms with Gasteiger partial charge in [0.15, 0.2) is 5.03 Å². The lowest BCUT2D eigenvalue weighted by atomic mass is 9.98. The topological polar surface area (TPSA) is 71.2 Å². The molecule has 2 aliphatic heterocycles. The summed E-state index contributed by atoms with van der Waals surface area (Å²) in [5.74, 6) is 1.27. The summed E-state index contributed by atoms with van der Waals surface area (Å²) >= 11 is 0. The molecule has 0 saturated carbocycles. The summed E-state index contributed by atoms with van der Waals surface area (Å²) in [6, 6.07) is 8.19. The van der Waals surface area contributed by atoms with Gasteiger partial charge < -0.3 is 14.5 Å². The zero-order chi connectivity index (χ0) is 18.5. The summed E-state index contributed by atoms with van der Waals surface area (Å²) in [5, 5.41) is 14.1. The number of hydrogen-bond donors (Lipinski definition) is 0. The number of ether oxygens (including phenoxy) is 1. The van der Waals surface area contributed by atoms with Crippen LogP contribution in [0.25, 0.3) is 6.08 Å². The number of hydrogen-bond acceptors (Lipinski definition) is 3. The van der Waals surface area contributed by atoms with Gasteiger partial charge in [0.1, 0.15) is 5.10 Å². The van der Waals surface area contributed by atoms with Gasteiger partial charge in [-0.3, -0.25) is 0 Å². The van der Waals surface area contributed by atoms with E-state index in [0.29, 0.717) is 30.9 Å². The fourth-order valence-electron chi connectivity index (χ4n) is 3.53. The molecule has 0 aliphatic carbocycles. The van der Waals surface area contributed by atoms with E-state index in [1.807, 2.05) is 34.2 Å². The average Bonchev–Trinajstić information content (AvgIpc) is 3.20. The van der Waals surface area contributed by atoms with Crippen LogP contribution in [0.4, 0.5) is 0 Å². The number of guanidine groups is 1. The van der Waals surface area contributed by atoms with Crippen LogP contribution in [0.5, 0.6) is 0 Å². The van der Waals surface area contributed by atoms with Crippen molar-refractivity contribution in [3.05, 3.63) is 51.7 Å². The third kappa shape index (κ3) is 4.22. The lowest BCUT2D eigenvalue weighted by Gasteiger charge is -2.23. The lowest BCUT2D eigenvalue weighted by Crippen LogP contribution is -2.37. The summed E-state index contributed by atoms with van der Waals surface area (Å²) in [6.07, 6.45) is 4.87. The van der Waals surface area contributed by atoms with Crippen molar-refractivity contribution < 1.29 is 9.77 Å². The van der Waals surface area contributed by atoms with Crippen molar-refractivity contribution in [2.24, 2.45) is 16.9 Å². The summed E-state index contributed by atoms with van der Waals surface area (Å²) in [7, 11) is 0. The van der Waals surface area contributed by atoms with E-state index in [1.165, 1.54) is 5.56 Å². The van der Waals surface area contributed by atoms with Gasteiger partial charge in [-0.2, -0.15) is 0 Å². The highest BCUT2D eigenvalue weighted by atomic mass is 16.7. The molecular weight excluding hydrogens is 332 g/mol. The molecule has 140 valence electrons. The molecule has 0 spiro atoms. The molecule has 2 atom stereocenters. The first-order chi connectivity index (χ1) is 12.6. The van der Waals surface area contributed by atoms with Crippen LogP contribution in [0.3, 0.4) is 0 Å². The first-order valence-corrected chi connectivity index (χ1v) is 9.17.